The van der Waals surface area contributed by atoms with Gasteiger partial charge < -0.3 is 10.4 Å². The Labute approximate surface area is 159 Å². The molecule has 1 amide bonds. The molecule has 0 aliphatic heterocycles. The predicted molar refractivity (Wildman–Crippen MR) is 103 cm³/mol. The molecule has 0 bridgehead atoms. The van der Waals surface area contributed by atoms with Crippen molar-refractivity contribution in [3.63, 3.8) is 0 Å². The zero-order chi connectivity index (χ0) is 19.9. The molecule has 4 N–H and O–H groups in total. The summed E-state index contributed by atoms with van der Waals surface area (Å²) in [6, 6.07) is 18.3. The van der Waals surface area contributed by atoms with Crippen molar-refractivity contribution in [2.75, 3.05) is 13.2 Å². The standard InChI is InChI=1S/C21H27FN2O3/c1-20(26,15-22)21(2,19(25)24-27)23-14-6-7-16-10-12-18(13-11-16)17-8-4-3-5-9-17/h3-5,8-13,23,26-27H,6-7,14-15H2,1-2H3,(H,24,25). The number of carbonyl (C=O) groups is 1. The average Bonchev–Trinajstić information content (AvgIpc) is 2.71. The van der Waals surface area contributed by atoms with Crippen LogP contribution in [-0.4, -0.2) is 40.6 Å². The van der Waals surface area contributed by atoms with Gasteiger partial charge in [0.25, 0.3) is 5.91 Å². The largest absolute Gasteiger partial charge is 0.385 e. The monoisotopic (exact) mass is 374 g/mol. The van der Waals surface area contributed by atoms with Gasteiger partial charge >= 0.3 is 0 Å². The smallest absolute Gasteiger partial charge is 0.266 e. The third kappa shape index (κ3) is 4.91. The normalized spacial score (nSPS) is 15.6. The highest BCUT2D eigenvalue weighted by Crippen LogP contribution is 2.23. The summed E-state index contributed by atoms with van der Waals surface area (Å²) in [7, 11) is 0. The molecular formula is C21H27FN2O3. The molecule has 0 radical (unpaired) electrons. The first kappa shape index (κ1) is 21.0. The van der Waals surface area contributed by atoms with Crippen LogP contribution in [0.15, 0.2) is 54.6 Å². The molecule has 0 saturated carbocycles. The maximum absolute atomic E-state index is 13.2. The molecule has 2 unspecified atom stereocenters. The number of aryl methyl sites for hydroxylation is 1. The van der Waals surface area contributed by atoms with E-state index in [1.165, 1.54) is 19.3 Å². The van der Waals surface area contributed by atoms with Gasteiger partial charge in [-0.2, -0.15) is 0 Å². The third-order valence-electron chi connectivity index (χ3n) is 5.07. The Kier molecular flexibility index (Phi) is 7.07. The highest BCUT2D eigenvalue weighted by molar-refractivity contribution is 5.86. The summed E-state index contributed by atoms with van der Waals surface area (Å²) in [6.07, 6.45) is 1.44. The lowest BCUT2D eigenvalue weighted by Crippen LogP contribution is -2.68. The summed E-state index contributed by atoms with van der Waals surface area (Å²) in [5.74, 6) is -0.877. The van der Waals surface area contributed by atoms with Crippen molar-refractivity contribution < 1.29 is 19.5 Å². The summed E-state index contributed by atoms with van der Waals surface area (Å²) >= 11 is 0. The molecule has 0 aromatic heterocycles. The molecule has 2 aromatic carbocycles. The van der Waals surface area contributed by atoms with Crippen LogP contribution in [0.4, 0.5) is 4.39 Å². The first-order chi connectivity index (χ1) is 12.8. The van der Waals surface area contributed by atoms with Crippen molar-refractivity contribution in [3.8, 4) is 11.1 Å². The van der Waals surface area contributed by atoms with E-state index in [9.17, 15) is 14.3 Å². The Morgan fingerprint density at radius 1 is 1.04 bits per heavy atom. The molecule has 27 heavy (non-hydrogen) atoms. The number of benzene rings is 2. The zero-order valence-corrected chi connectivity index (χ0v) is 15.7. The highest BCUT2D eigenvalue weighted by atomic mass is 19.1. The number of halogens is 1. The predicted octanol–water partition coefficient (Wildman–Crippen LogP) is 2.86. The van der Waals surface area contributed by atoms with Crippen LogP contribution in [0.5, 0.6) is 0 Å². The average molecular weight is 374 g/mol. The molecule has 0 spiro atoms. The third-order valence-corrected chi connectivity index (χ3v) is 5.07. The van der Waals surface area contributed by atoms with E-state index in [2.05, 4.69) is 41.7 Å². The van der Waals surface area contributed by atoms with Gasteiger partial charge in [0.1, 0.15) is 17.8 Å². The Morgan fingerprint density at radius 2 is 1.63 bits per heavy atom. The minimum absolute atomic E-state index is 0.376. The number of carbonyl (C=O) groups excluding carboxylic acids is 1. The van der Waals surface area contributed by atoms with Crippen molar-refractivity contribution in [3.05, 3.63) is 60.2 Å². The first-order valence-corrected chi connectivity index (χ1v) is 8.96. The fraction of sp³-hybridized carbons (Fsp3) is 0.381. The molecule has 0 fully saturated rings. The quantitative estimate of drug-likeness (QED) is 0.309. The van der Waals surface area contributed by atoms with E-state index in [1.54, 1.807) is 0 Å². The van der Waals surface area contributed by atoms with Crippen LogP contribution in [-0.2, 0) is 11.2 Å². The Hall–Kier alpha value is -2.28. The Morgan fingerprint density at radius 3 is 2.19 bits per heavy atom. The minimum atomic E-state index is -1.95. The lowest BCUT2D eigenvalue weighted by molar-refractivity contribution is -0.148. The van der Waals surface area contributed by atoms with Gasteiger partial charge in [0.15, 0.2) is 0 Å². The summed E-state index contributed by atoms with van der Waals surface area (Å²) < 4.78 is 13.2. The molecule has 0 heterocycles. The Bertz CT molecular complexity index is 735. The molecule has 2 rings (SSSR count). The van der Waals surface area contributed by atoms with Gasteiger partial charge in [-0.05, 0) is 49.9 Å². The maximum Gasteiger partial charge on any atom is 0.266 e. The summed E-state index contributed by atoms with van der Waals surface area (Å²) in [6.45, 7) is 1.84. The van der Waals surface area contributed by atoms with E-state index >= 15 is 0 Å². The number of alkyl halides is 1. The molecule has 146 valence electrons. The van der Waals surface area contributed by atoms with E-state index < -0.39 is 23.7 Å². The molecule has 5 nitrogen and oxygen atoms in total. The van der Waals surface area contributed by atoms with Crippen LogP contribution in [0.25, 0.3) is 11.1 Å². The number of hydroxylamine groups is 1. The van der Waals surface area contributed by atoms with Crippen molar-refractivity contribution in [2.45, 2.75) is 37.8 Å². The molecule has 0 saturated heterocycles. The first-order valence-electron chi connectivity index (χ1n) is 8.96. The van der Waals surface area contributed by atoms with Crippen molar-refractivity contribution >= 4 is 5.91 Å². The number of aliphatic hydroxyl groups is 1. The summed E-state index contributed by atoms with van der Waals surface area (Å²) in [4.78, 5) is 11.9. The van der Waals surface area contributed by atoms with Crippen LogP contribution in [0.1, 0.15) is 25.8 Å². The van der Waals surface area contributed by atoms with Crippen molar-refractivity contribution in [1.82, 2.24) is 10.8 Å². The molecule has 6 heteroatoms. The number of hydrogen-bond acceptors (Lipinski definition) is 4. The zero-order valence-electron chi connectivity index (χ0n) is 15.7. The van der Waals surface area contributed by atoms with E-state index in [-0.39, 0.29) is 0 Å². The van der Waals surface area contributed by atoms with E-state index in [0.29, 0.717) is 13.0 Å². The summed E-state index contributed by atoms with van der Waals surface area (Å²) in [5.41, 5.74) is 1.35. The second kappa shape index (κ2) is 9.08. The van der Waals surface area contributed by atoms with Gasteiger partial charge in [-0.1, -0.05) is 54.6 Å². The highest BCUT2D eigenvalue weighted by Gasteiger charge is 2.49. The van der Waals surface area contributed by atoms with Gasteiger partial charge in [0, 0.05) is 0 Å². The molecular weight excluding hydrogens is 347 g/mol. The van der Waals surface area contributed by atoms with Crippen LogP contribution >= 0.6 is 0 Å². The van der Waals surface area contributed by atoms with E-state index in [1.807, 2.05) is 18.2 Å². The van der Waals surface area contributed by atoms with Crippen LogP contribution < -0.4 is 10.8 Å². The van der Waals surface area contributed by atoms with Crippen molar-refractivity contribution in [2.24, 2.45) is 0 Å². The van der Waals surface area contributed by atoms with Gasteiger partial charge in [0.05, 0.1) is 0 Å². The second-order valence-electron chi connectivity index (χ2n) is 7.07. The second-order valence-corrected chi connectivity index (χ2v) is 7.07. The van der Waals surface area contributed by atoms with Crippen LogP contribution in [0.2, 0.25) is 0 Å². The molecule has 2 aromatic rings. The topological polar surface area (TPSA) is 81.6 Å². The number of hydrogen-bond donors (Lipinski definition) is 4. The fourth-order valence-electron chi connectivity index (χ4n) is 2.89. The van der Waals surface area contributed by atoms with Crippen molar-refractivity contribution in [1.29, 1.82) is 0 Å². The maximum atomic E-state index is 13.2. The fourth-order valence-corrected chi connectivity index (χ4v) is 2.89. The van der Waals surface area contributed by atoms with E-state index in [0.717, 1.165) is 23.1 Å². The van der Waals surface area contributed by atoms with Crippen LogP contribution in [0.3, 0.4) is 0 Å². The van der Waals surface area contributed by atoms with Crippen LogP contribution in [0, 0.1) is 0 Å². The van der Waals surface area contributed by atoms with Gasteiger partial charge in [0.2, 0.25) is 0 Å². The van der Waals surface area contributed by atoms with Gasteiger partial charge in [-0.3, -0.25) is 10.0 Å². The lowest BCUT2D eigenvalue weighted by Gasteiger charge is -2.39. The number of amides is 1. The summed E-state index contributed by atoms with van der Waals surface area (Å²) in [5, 5.41) is 22.0. The van der Waals surface area contributed by atoms with Gasteiger partial charge in [-0.25, -0.2) is 9.87 Å². The van der Waals surface area contributed by atoms with E-state index in [4.69, 9.17) is 5.21 Å². The SMILES string of the molecule is CC(O)(CF)C(C)(NCCCc1ccc(-c2ccccc2)cc1)C(=O)NO. The molecule has 0 aliphatic rings. The number of rotatable bonds is 9. The molecule has 0 aliphatic carbocycles. The molecule has 2 atom stereocenters. The minimum Gasteiger partial charge on any atom is -0.385 e. The lowest BCUT2D eigenvalue weighted by atomic mass is 9.82. The van der Waals surface area contributed by atoms with Gasteiger partial charge in [-0.15, -0.1) is 0 Å². The number of nitrogens with one attached hydrogen (secondary N) is 2. The Balaban J connectivity index is 1.92.